The Balaban J connectivity index is 2.48. The highest BCUT2D eigenvalue weighted by molar-refractivity contribution is 6.69. The summed E-state index contributed by atoms with van der Waals surface area (Å²) in [5, 5.41) is 8.76. The summed E-state index contributed by atoms with van der Waals surface area (Å²) in [7, 11) is -1.63. The molecule has 0 N–H and O–H groups in total. The molecule has 0 radical (unpaired) electrons. The topological polar surface area (TPSA) is 42.2 Å². The standard InChI is InChI=1S/C13H19NO2Si/c1-17(2,3)16-13(9-10-14)11-15-12-7-5-4-6-8-12/h4-8,13H,9,11H2,1-3H3. The van der Waals surface area contributed by atoms with Gasteiger partial charge in [-0.2, -0.15) is 5.26 Å². The van der Waals surface area contributed by atoms with Gasteiger partial charge in [0.2, 0.25) is 0 Å². The second-order valence-corrected chi connectivity index (χ2v) is 9.30. The summed E-state index contributed by atoms with van der Waals surface area (Å²) < 4.78 is 11.5. The first kappa shape index (κ1) is 13.8. The first-order valence-corrected chi connectivity index (χ1v) is 9.15. The quantitative estimate of drug-likeness (QED) is 0.727. The van der Waals surface area contributed by atoms with E-state index in [2.05, 4.69) is 25.7 Å². The molecule has 0 aliphatic carbocycles. The molecule has 4 heteroatoms. The van der Waals surface area contributed by atoms with Gasteiger partial charge in [0.25, 0.3) is 0 Å². The van der Waals surface area contributed by atoms with E-state index >= 15 is 0 Å². The van der Waals surface area contributed by atoms with Crippen molar-refractivity contribution in [3.8, 4) is 11.8 Å². The third kappa shape index (κ3) is 6.10. The van der Waals surface area contributed by atoms with Gasteiger partial charge in [-0.15, -0.1) is 0 Å². The highest BCUT2D eigenvalue weighted by atomic mass is 28.4. The summed E-state index contributed by atoms with van der Waals surface area (Å²) in [4.78, 5) is 0. The van der Waals surface area contributed by atoms with Crippen molar-refractivity contribution >= 4 is 8.32 Å². The molecule has 17 heavy (non-hydrogen) atoms. The van der Waals surface area contributed by atoms with Gasteiger partial charge < -0.3 is 9.16 Å². The van der Waals surface area contributed by atoms with E-state index in [-0.39, 0.29) is 6.10 Å². The molecule has 0 saturated carbocycles. The molecular formula is C13H19NO2Si. The number of hydrogen-bond donors (Lipinski definition) is 0. The zero-order valence-electron chi connectivity index (χ0n) is 10.6. The molecule has 0 bridgehead atoms. The first-order valence-electron chi connectivity index (χ1n) is 5.74. The van der Waals surface area contributed by atoms with E-state index in [1.54, 1.807) is 0 Å². The van der Waals surface area contributed by atoms with Crippen molar-refractivity contribution in [3.05, 3.63) is 30.3 Å². The van der Waals surface area contributed by atoms with Crippen LogP contribution in [0.25, 0.3) is 0 Å². The monoisotopic (exact) mass is 249 g/mol. The SMILES string of the molecule is C[Si](C)(C)OC(CC#N)COc1ccccc1. The lowest BCUT2D eigenvalue weighted by atomic mass is 10.3. The van der Waals surface area contributed by atoms with Crippen molar-refractivity contribution in [1.82, 2.24) is 0 Å². The predicted molar refractivity (Wildman–Crippen MR) is 70.4 cm³/mol. The lowest BCUT2D eigenvalue weighted by Gasteiger charge is -2.24. The summed E-state index contributed by atoms with van der Waals surface area (Å²) >= 11 is 0. The third-order valence-electron chi connectivity index (χ3n) is 2.02. The largest absolute Gasteiger partial charge is 0.491 e. The highest BCUT2D eigenvalue weighted by Crippen LogP contribution is 2.13. The minimum absolute atomic E-state index is 0.133. The maximum Gasteiger partial charge on any atom is 0.184 e. The van der Waals surface area contributed by atoms with Crippen LogP contribution in [0.5, 0.6) is 5.75 Å². The van der Waals surface area contributed by atoms with Gasteiger partial charge in [0.05, 0.1) is 18.6 Å². The zero-order chi connectivity index (χ0) is 12.7. The van der Waals surface area contributed by atoms with Crippen molar-refractivity contribution < 1.29 is 9.16 Å². The van der Waals surface area contributed by atoms with Gasteiger partial charge in [0.15, 0.2) is 8.32 Å². The molecule has 0 heterocycles. The molecule has 1 rings (SSSR count). The fraction of sp³-hybridized carbons (Fsp3) is 0.462. The fourth-order valence-corrected chi connectivity index (χ4v) is 2.59. The Hall–Kier alpha value is -1.31. The van der Waals surface area contributed by atoms with Gasteiger partial charge >= 0.3 is 0 Å². The Bertz CT molecular complexity index is 367. The van der Waals surface area contributed by atoms with Gasteiger partial charge in [0, 0.05) is 0 Å². The summed E-state index contributed by atoms with van der Waals surface area (Å²) in [6, 6.07) is 11.7. The molecule has 0 aliphatic rings. The van der Waals surface area contributed by atoms with Crippen molar-refractivity contribution in [2.24, 2.45) is 0 Å². The number of nitrogens with zero attached hydrogens (tertiary/aromatic N) is 1. The maximum atomic E-state index is 8.76. The summed E-state index contributed by atoms with van der Waals surface area (Å²) in [5.74, 6) is 0.814. The average Bonchev–Trinajstić information content (AvgIpc) is 2.26. The fourth-order valence-electron chi connectivity index (χ4n) is 1.44. The predicted octanol–water partition coefficient (Wildman–Crippen LogP) is 3.20. The van der Waals surface area contributed by atoms with Crippen LogP contribution in [0, 0.1) is 11.3 Å². The van der Waals surface area contributed by atoms with Crippen LogP contribution in [0.1, 0.15) is 6.42 Å². The Kier molecular flexibility index (Phi) is 5.20. The zero-order valence-corrected chi connectivity index (χ0v) is 11.6. The van der Waals surface area contributed by atoms with Crippen LogP contribution in [0.3, 0.4) is 0 Å². The van der Waals surface area contributed by atoms with Crippen LogP contribution >= 0.6 is 0 Å². The molecule has 1 aromatic carbocycles. The van der Waals surface area contributed by atoms with E-state index in [4.69, 9.17) is 14.4 Å². The van der Waals surface area contributed by atoms with E-state index < -0.39 is 8.32 Å². The average molecular weight is 249 g/mol. The molecule has 1 aromatic rings. The second kappa shape index (κ2) is 6.43. The smallest absolute Gasteiger partial charge is 0.184 e. The highest BCUT2D eigenvalue weighted by Gasteiger charge is 2.21. The molecule has 1 unspecified atom stereocenters. The van der Waals surface area contributed by atoms with Crippen molar-refractivity contribution in [2.75, 3.05) is 6.61 Å². The number of rotatable bonds is 6. The molecule has 0 aromatic heterocycles. The van der Waals surface area contributed by atoms with Gasteiger partial charge in [-0.25, -0.2) is 0 Å². The van der Waals surface area contributed by atoms with Crippen LogP contribution in [0.2, 0.25) is 19.6 Å². The molecule has 0 fully saturated rings. The van der Waals surface area contributed by atoms with Gasteiger partial charge in [-0.1, -0.05) is 18.2 Å². The third-order valence-corrected chi connectivity index (χ3v) is 3.06. The van der Waals surface area contributed by atoms with Crippen LogP contribution in [0.4, 0.5) is 0 Å². The lowest BCUT2D eigenvalue weighted by Crippen LogP contribution is -2.35. The van der Waals surface area contributed by atoms with Gasteiger partial charge in [0.1, 0.15) is 12.4 Å². The lowest BCUT2D eigenvalue weighted by molar-refractivity contribution is 0.126. The van der Waals surface area contributed by atoms with E-state index in [1.165, 1.54) is 0 Å². The van der Waals surface area contributed by atoms with Crippen LogP contribution < -0.4 is 4.74 Å². The van der Waals surface area contributed by atoms with Crippen molar-refractivity contribution in [2.45, 2.75) is 32.2 Å². The van der Waals surface area contributed by atoms with Crippen LogP contribution in [-0.2, 0) is 4.43 Å². The summed E-state index contributed by atoms with van der Waals surface area (Å²) in [6.07, 6.45) is 0.240. The molecule has 0 spiro atoms. The molecule has 92 valence electrons. The van der Waals surface area contributed by atoms with Crippen LogP contribution in [0.15, 0.2) is 30.3 Å². The number of nitriles is 1. The van der Waals surface area contributed by atoms with Crippen LogP contribution in [-0.4, -0.2) is 21.0 Å². The Morgan fingerprint density at radius 1 is 1.24 bits per heavy atom. The summed E-state index contributed by atoms with van der Waals surface area (Å²) in [5.41, 5.74) is 0. The molecule has 0 amide bonds. The minimum atomic E-state index is -1.63. The molecule has 0 aliphatic heterocycles. The van der Waals surface area contributed by atoms with Crippen molar-refractivity contribution in [3.63, 3.8) is 0 Å². The normalized spacial score (nSPS) is 12.8. The molecule has 3 nitrogen and oxygen atoms in total. The molecular weight excluding hydrogens is 230 g/mol. The maximum absolute atomic E-state index is 8.76. The first-order chi connectivity index (χ1) is 8.01. The van der Waals surface area contributed by atoms with E-state index in [0.29, 0.717) is 13.0 Å². The number of ether oxygens (including phenoxy) is 1. The van der Waals surface area contributed by atoms with E-state index in [1.807, 2.05) is 30.3 Å². The Labute approximate surface area is 104 Å². The summed E-state index contributed by atoms with van der Waals surface area (Å²) in [6.45, 7) is 6.77. The second-order valence-electron chi connectivity index (χ2n) is 4.84. The number of benzene rings is 1. The van der Waals surface area contributed by atoms with E-state index in [9.17, 15) is 0 Å². The minimum Gasteiger partial charge on any atom is -0.491 e. The van der Waals surface area contributed by atoms with Gasteiger partial charge in [-0.3, -0.25) is 0 Å². The van der Waals surface area contributed by atoms with E-state index in [0.717, 1.165) is 5.75 Å². The van der Waals surface area contributed by atoms with Gasteiger partial charge in [-0.05, 0) is 31.8 Å². The van der Waals surface area contributed by atoms with Crippen molar-refractivity contribution in [1.29, 1.82) is 5.26 Å². The number of hydrogen-bond acceptors (Lipinski definition) is 3. The molecule has 0 saturated heterocycles. The Morgan fingerprint density at radius 2 is 1.88 bits per heavy atom. The number of para-hydroxylation sites is 1. The molecule has 1 atom stereocenters. The Morgan fingerprint density at radius 3 is 2.41 bits per heavy atom.